The number of rotatable bonds is 5. The summed E-state index contributed by atoms with van der Waals surface area (Å²) in [5, 5.41) is 3.61. The third kappa shape index (κ3) is 3.96. The van der Waals surface area contributed by atoms with Gasteiger partial charge in [0.1, 0.15) is 0 Å². The van der Waals surface area contributed by atoms with Gasteiger partial charge in [-0.25, -0.2) is 0 Å². The third-order valence-corrected chi connectivity index (χ3v) is 20.7. The van der Waals surface area contributed by atoms with Crippen LogP contribution in [-0.2, 0) is 0 Å². The fourth-order valence-electron chi connectivity index (χ4n) is 7.17. The number of hydrogen-bond acceptors (Lipinski definition) is 3. The molecule has 9 aromatic rings. The molecule has 5 heteroatoms. The molecule has 0 aliphatic rings. The Morgan fingerprint density at radius 2 is 1.02 bits per heavy atom. The Morgan fingerprint density at radius 3 is 1.58 bits per heavy atom. The Kier molecular flexibility index (Phi) is 6.18. The first-order valence-electron chi connectivity index (χ1n) is 15.2. The summed E-state index contributed by atoms with van der Waals surface area (Å²) in [6.45, 7) is 0. The first-order chi connectivity index (χ1) is 22.3. The quantitative estimate of drug-likeness (QED) is 0.182. The maximum absolute atomic E-state index is 5.08. The molecule has 3 nitrogen and oxygen atoms in total. The topological polar surface area (TPSA) is 30.7 Å². The van der Waals surface area contributed by atoms with E-state index in [9.17, 15) is 0 Å². The number of fused-ring (bicyclic) bond motifs is 6. The van der Waals surface area contributed by atoms with E-state index in [0.29, 0.717) is 0 Å². The van der Waals surface area contributed by atoms with Gasteiger partial charge in [-0.3, -0.25) is 0 Å². The molecule has 5 aromatic carbocycles. The van der Waals surface area contributed by atoms with Crippen molar-refractivity contribution in [3.8, 4) is 5.82 Å². The Labute approximate surface area is 267 Å². The predicted octanol–water partition coefficient (Wildman–Crippen LogP) is 7.32. The van der Waals surface area contributed by atoms with Crippen molar-refractivity contribution in [2.45, 2.75) is 0 Å². The molecule has 0 N–H and O–H groups in total. The van der Waals surface area contributed by atoms with E-state index in [1.54, 1.807) is 0 Å². The SMILES string of the molecule is c1cc[c]([Ge]([c]2ccccc2)([c]2ccccc2)[c]2ccnc3c2sc2cnc(-n4c5ccccc5c5ccccc54)cc23)cc1. The van der Waals surface area contributed by atoms with Gasteiger partial charge in [-0.1, -0.05) is 0 Å². The minimum absolute atomic E-state index is 0.911. The number of pyridine rings is 2. The molecular weight excluding hydrogens is 627 g/mol. The van der Waals surface area contributed by atoms with E-state index in [1.807, 2.05) is 23.7 Å². The van der Waals surface area contributed by atoms with E-state index in [4.69, 9.17) is 9.97 Å². The summed E-state index contributed by atoms with van der Waals surface area (Å²) >= 11 is -1.66. The van der Waals surface area contributed by atoms with Crippen LogP contribution in [-0.4, -0.2) is 27.8 Å². The first-order valence-corrected chi connectivity index (χ1v) is 20.2. The van der Waals surface area contributed by atoms with Gasteiger partial charge in [-0.05, 0) is 0 Å². The van der Waals surface area contributed by atoms with Gasteiger partial charge in [0.15, 0.2) is 0 Å². The molecule has 45 heavy (non-hydrogen) atoms. The summed E-state index contributed by atoms with van der Waals surface area (Å²) in [5.74, 6) is 0.911. The number of benzene rings is 5. The number of hydrogen-bond donors (Lipinski definition) is 0. The van der Waals surface area contributed by atoms with Crippen molar-refractivity contribution in [1.29, 1.82) is 0 Å². The molecule has 0 radical (unpaired) electrons. The second kappa shape index (κ2) is 10.5. The van der Waals surface area contributed by atoms with Crippen LogP contribution < -0.4 is 17.6 Å². The molecule has 0 aliphatic heterocycles. The molecule has 0 amide bonds. The Morgan fingerprint density at radius 1 is 0.511 bits per heavy atom. The predicted molar refractivity (Wildman–Crippen MR) is 193 cm³/mol. The van der Waals surface area contributed by atoms with Crippen LogP contribution in [0.3, 0.4) is 0 Å². The van der Waals surface area contributed by atoms with Gasteiger partial charge in [0.2, 0.25) is 0 Å². The van der Waals surface area contributed by atoms with Crippen LogP contribution in [0.25, 0.3) is 47.9 Å². The molecule has 212 valence electrons. The van der Waals surface area contributed by atoms with Gasteiger partial charge in [-0.15, -0.1) is 0 Å². The van der Waals surface area contributed by atoms with Gasteiger partial charge in [0.25, 0.3) is 0 Å². The summed E-state index contributed by atoms with van der Waals surface area (Å²) in [7, 11) is 0. The van der Waals surface area contributed by atoms with E-state index >= 15 is 0 Å². The molecule has 0 bridgehead atoms. The molecule has 9 rings (SSSR count). The Bertz CT molecular complexity index is 2340. The number of nitrogens with zero attached hydrogens (tertiary/aromatic N) is 3. The van der Waals surface area contributed by atoms with Crippen LogP contribution in [0.4, 0.5) is 0 Å². The van der Waals surface area contributed by atoms with Gasteiger partial charge in [0, 0.05) is 0 Å². The molecule has 0 aliphatic carbocycles. The van der Waals surface area contributed by atoms with Gasteiger partial charge < -0.3 is 0 Å². The van der Waals surface area contributed by atoms with E-state index in [2.05, 4.69) is 156 Å². The fraction of sp³-hybridized carbons (Fsp3) is 0. The molecule has 0 saturated heterocycles. The van der Waals surface area contributed by atoms with Crippen LogP contribution in [0, 0.1) is 0 Å². The zero-order valence-electron chi connectivity index (χ0n) is 24.3. The Hall–Kier alpha value is -5.04. The van der Waals surface area contributed by atoms with E-state index in [1.165, 1.54) is 33.1 Å². The third-order valence-electron chi connectivity index (χ3n) is 9.06. The molecular formula is C40H27GeN3S. The molecule has 4 aromatic heterocycles. The van der Waals surface area contributed by atoms with Crippen LogP contribution in [0.1, 0.15) is 0 Å². The monoisotopic (exact) mass is 655 g/mol. The number of thiophene rings is 1. The van der Waals surface area contributed by atoms with Crippen LogP contribution >= 0.6 is 11.3 Å². The van der Waals surface area contributed by atoms with Crippen molar-refractivity contribution in [3.05, 3.63) is 164 Å². The van der Waals surface area contributed by atoms with Crippen LogP contribution in [0.2, 0.25) is 0 Å². The number of para-hydroxylation sites is 2. The Balaban J connectivity index is 1.36. The molecule has 0 unspecified atom stereocenters. The minimum atomic E-state index is -3.48. The zero-order valence-corrected chi connectivity index (χ0v) is 27.3. The molecule has 0 saturated carbocycles. The van der Waals surface area contributed by atoms with Crippen LogP contribution in [0.5, 0.6) is 0 Å². The summed E-state index contributed by atoms with van der Waals surface area (Å²) in [5.41, 5.74) is 3.37. The van der Waals surface area contributed by atoms with E-state index in [0.717, 1.165) is 32.5 Å². The maximum atomic E-state index is 5.08. The van der Waals surface area contributed by atoms with E-state index in [-0.39, 0.29) is 0 Å². The second-order valence-corrected chi connectivity index (χ2v) is 20.4. The van der Waals surface area contributed by atoms with Crippen molar-refractivity contribution >= 4 is 84.3 Å². The summed E-state index contributed by atoms with van der Waals surface area (Å²) in [6, 6.07) is 55.2. The normalized spacial score (nSPS) is 12.0. The molecule has 0 fully saturated rings. The van der Waals surface area contributed by atoms with Gasteiger partial charge >= 0.3 is 269 Å². The standard InChI is InChI=1S/C40H27GeN3S/c1-4-14-28(15-5-1)41(29-16-6-2-7-17-29,30-18-8-3-9-19-30)34-24-25-42-39-33-26-38(43-27-37(33)45-40(34)39)44-35-22-12-10-20-31(35)32-21-11-13-23-36(32)44/h1-27H. The average molecular weight is 654 g/mol. The fourth-order valence-corrected chi connectivity index (χ4v) is 19.4. The molecule has 4 heterocycles. The molecule has 0 spiro atoms. The summed E-state index contributed by atoms with van der Waals surface area (Å²) in [4.78, 5) is 10.1. The second-order valence-electron chi connectivity index (χ2n) is 11.4. The first kappa shape index (κ1) is 26.4. The van der Waals surface area contributed by atoms with Crippen molar-refractivity contribution in [3.63, 3.8) is 0 Å². The van der Waals surface area contributed by atoms with E-state index < -0.39 is 13.3 Å². The summed E-state index contributed by atoms with van der Waals surface area (Å²) in [6.07, 6.45) is 4.08. The van der Waals surface area contributed by atoms with Crippen molar-refractivity contribution in [2.75, 3.05) is 0 Å². The van der Waals surface area contributed by atoms with Crippen molar-refractivity contribution < 1.29 is 0 Å². The van der Waals surface area contributed by atoms with Crippen molar-refractivity contribution in [1.82, 2.24) is 14.5 Å². The average Bonchev–Trinajstić information content (AvgIpc) is 3.66. The number of aromatic nitrogens is 3. The van der Waals surface area contributed by atoms with Gasteiger partial charge in [-0.2, -0.15) is 0 Å². The zero-order chi connectivity index (χ0) is 29.8. The van der Waals surface area contributed by atoms with Crippen LogP contribution in [0.15, 0.2) is 164 Å². The molecule has 0 atom stereocenters. The van der Waals surface area contributed by atoms with Gasteiger partial charge in [0.05, 0.1) is 0 Å². The summed E-state index contributed by atoms with van der Waals surface area (Å²) < 4.78 is 10.3. The van der Waals surface area contributed by atoms with Crippen molar-refractivity contribution in [2.24, 2.45) is 0 Å².